The van der Waals surface area contributed by atoms with Gasteiger partial charge in [-0.05, 0) is 35.4 Å². The molecule has 3 aromatic rings. The highest BCUT2D eigenvalue weighted by atomic mass is 35.5. The number of allylic oxidation sites excluding steroid dienone is 1. The molecule has 4 nitrogen and oxygen atoms in total. The van der Waals surface area contributed by atoms with Gasteiger partial charge in [0.15, 0.2) is 11.4 Å². The molecule has 1 amide bonds. The molecule has 0 fully saturated rings. The van der Waals surface area contributed by atoms with Crippen molar-refractivity contribution in [1.29, 1.82) is 0 Å². The molecule has 1 heterocycles. The Kier molecular flexibility index (Phi) is 5.53. The highest BCUT2D eigenvalue weighted by Gasteiger charge is 2.50. The Labute approximate surface area is 180 Å². The van der Waals surface area contributed by atoms with E-state index < -0.39 is 11.5 Å². The molecule has 0 unspecified atom stereocenters. The number of benzene rings is 3. The van der Waals surface area contributed by atoms with Crippen molar-refractivity contribution < 1.29 is 14.7 Å². The Morgan fingerprint density at radius 2 is 1.63 bits per heavy atom. The summed E-state index contributed by atoms with van der Waals surface area (Å²) in [5.74, 6) is -0.821. The molecule has 0 saturated carbocycles. The smallest absolute Gasteiger partial charge is 0.264 e. The lowest BCUT2D eigenvalue weighted by Gasteiger charge is -2.22. The SMILES string of the molecule is O=C(/C=C/c1ccccc1)C[C@@]1(O)C(=O)N(Cc2ccc(Cl)cc2)c2ccccc21. The van der Waals surface area contributed by atoms with E-state index in [9.17, 15) is 14.7 Å². The number of nitrogens with zero attached hydrogens (tertiary/aromatic N) is 1. The summed E-state index contributed by atoms with van der Waals surface area (Å²) >= 11 is 5.95. The first-order chi connectivity index (χ1) is 14.5. The minimum absolute atomic E-state index is 0.281. The molecule has 0 radical (unpaired) electrons. The lowest BCUT2D eigenvalue weighted by atomic mass is 9.89. The van der Waals surface area contributed by atoms with Crippen LogP contribution in [-0.4, -0.2) is 16.8 Å². The zero-order chi connectivity index (χ0) is 21.1. The highest BCUT2D eigenvalue weighted by Crippen LogP contribution is 2.43. The normalized spacial score (nSPS) is 18.1. The zero-order valence-electron chi connectivity index (χ0n) is 16.2. The van der Waals surface area contributed by atoms with Crippen molar-refractivity contribution in [3.8, 4) is 0 Å². The third kappa shape index (κ3) is 3.92. The van der Waals surface area contributed by atoms with Gasteiger partial charge in [0, 0.05) is 10.6 Å². The third-order valence-corrected chi connectivity index (χ3v) is 5.44. The van der Waals surface area contributed by atoms with Crippen LogP contribution in [-0.2, 0) is 21.7 Å². The number of fused-ring (bicyclic) bond motifs is 1. The van der Waals surface area contributed by atoms with Crippen molar-refractivity contribution in [2.24, 2.45) is 0 Å². The molecule has 150 valence electrons. The number of halogens is 1. The Bertz CT molecular complexity index is 1110. The van der Waals surface area contributed by atoms with Gasteiger partial charge >= 0.3 is 0 Å². The fraction of sp³-hybridized carbons (Fsp3) is 0.120. The highest BCUT2D eigenvalue weighted by molar-refractivity contribution is 6.30. The molecule has 0 aliphatic carbocycles. The standard InChI is InChI=1S/C25H20ClNO3/c26-20-13-10-19(11-14-20)17-27-23-9-5-4-8-22(23)25(30,24(27)29)16-21(28)15-12-18-6-2-1-3-7-18/h1-15,30H,16-17H2/b15-12+/t25-/m0/s1. The minimum atomic E-state index is -1.89. The number of anilines is 1. The zero-order valence-corrected chi connectivity index (χ0v) is 16.9. The molecule has 0 saturated heterocycles. The first-order valence-electron chi connectivity index (χ1n) is 9.62. The Morgan fingerprint density at radius 1 is 0.967 bits per heavy atom. The number of hydrogen-bond donors (Lipinski definition) is 1. The van der Waals surface area contributed by atoms with Crippen LogP contribution in [0, 0.1) is 0 Å². The van der Waals surface area contributed by atoms with Gasteiger partial charge in [-0.3, -0.25) is 9.59 Å². The molecule has 0 aromatic heterocycles. The van der Waals surface area contributed by atoms with Crippen molar-refractivity contribution in [2.45, 2.75) is 18.6 Å². The van der Waals surface area contributed by atoms with E-state index in [1.807, 2.05) is 48.5 Å². The first-order valence-corrected chi connectivity index (χ1v) is 9.99. The maximum absolute atomic E-state index is 13.2. The average Bonchev–Trinajstić information content (AvgIpc) is 2.96. The van der Waals surface area contributed by atoms with Crippen molar-refractivity contribution in [1.82, 2.24) is 0 Å². The molecule has 4 rings (SSSR count). The number of carbonyl (C=O) groups is 2. The summed E-state index contributed by atoms with van der Waals surface area (Å²) < 4.78 is 0. The summed E-state index contributed by atoms with van der Waals surface area (Å²) in [4.78, 5) is 27.4. The molecule has 1 N–H and O–H groups in total. The van der Waals surface area contributed by atoms with E-state index in [1.54, 1.807) is 36.4 Å². The van der Waals surface area contributed by atoms with Crippen molar-refractivity contribution in [3.05, 3.63) is 107 Å². The molecule has 1 aliphatic rings. The average molecular weight is 418 g/mol. The third-order valence-electron chi connectivity index (χ3n) is 5.18. The van der Waals surface area contributed by atoms with Gasteiger partial charge in [-0.15, -0.1) is 0 Å². The van der Waals surface area contributed by atoms with E-state index >= 15 is 0 Å². The van der Waals surface area contributed by atoms with Crippen molar-refractivity contribution in [2.75, 3.05) is 4.90 Å². The predicted molar refractivity (Wildman–Crippen MR) is 118 cm³/mol. The largest absolute Gasteiger partial charge is 0.375 e. The van der Waals surface area contributed by atoms with E-state index in [-0.39, 0.29) is 18.7 Å². The van der Waals surface area contributed by atoms with Gasteiger partial charge in [-0.25, -0.2) is 0 Å². The maximum atomic E-state index is 13.2. The minimum Gasteiger partial charge on any atom is -0.375 e. The number of ketones is 1. The number of para-hydroxylation sites is 1. The summed E-state index contributed by atoms with van der Waals surface area (Å²) in [6.45, 7) is 0.281. The summed E-state index contributed by atoms with van der Waals surface area (Å²) in [6, 6.07) is 23.6. The van der Waals surface area contributed by atoms with Crippen LogP contribution in [0.1, 0.15) is 23.1 Å². The molecule has 1 aliphatic heterocycles. The van der Waals surface area contributed by atoms with Crippen LogP contribution in [0.25, 0.3) is 6.08 Å². The van der Waals surface area contributed by atoms with Crippen LogP contribution in [0.4, 0.5) is 5.69 Å². The van der Waals surface area contributed by atoms with E-state index in [0.717, 1.165) is 11.1 Å². The van der Waals surface area contributed by atoms with Crippen LogP contribution in [0.5, 0.6) is 0 Å². The van der Waals surface area contributed by atoms with Gasteiger partial charge in [-0.1, -0.05) is 78.3 Å². The van der Waals surface area contributed by atoms with Gasteiger partial charge in [0.2, 0.25) is 0 Å². The van der Waals surface area contributed by atoms with E-state index in [2.05, 4.69) is 0 Å². The second kappa shape index (κ2) is 8.27. The van der Waals surface area contributed by atoms with Gasteiger partial charge in [0.05, 0.1) is 18.7 Å². The summed E-state index contributed by atoms with van der Waals surface area (Å²) in [5.41, 5.74) is 0.925. The topological polar surface area (TPSA) is 57.6 Å². The quantitative estimate of drug-likeness (QED) is 0.589. The summed E-state index contributed by atoms with van der Waals surface area (Å²) in [7, 11) is 0. The monoisotopic (exact) mass is 417 g/mol. The first kappa shape index (κ1) is 20.1. The van der Waals surface area contributed by atoms with Crippen LogP contribution >= 0.6 is 11.6 Å². The van der Waals surface area contributed by atoms with Crippen molar-refractivity contribution >= 4 is 35.1 Å². The number of amides is 1. The number of carbonyl (C=O) groups excluding carboxylic acids is 2. The van der Waals surface area contributed by atoms with E-state index in [0.29, 0.717) is 16.3 Å². The molecular weight excluding hydrogens is 398 g/mol. The van der Waals surface area contributed by atoms with Crippen LogP contribution in [0.2, 0.25) is 5.02 Å². The lowest BCUT2D eigenvalue weighted by molar-refractivity contribution is -0.140. The van der Waals surface area contributed by atoms with Crippen molar-refractivity contribution in [3.63, 3.8) is 0 Å². The van der Waals surface area contributed by atoms with Gasteiger partial charge < -0.3 is 10.0 Å². The predicted octanol–water partition coefficient (Wildman–Crippen LogP) is 4.75. The van der Waals surface area contributed by atoms with Gasteiger partial charge in [-0.2, -0.15) is 0 Å². The number of hydrogen-bond acceptors (Lipinski definition) is 3. The Morgan fingerprint density at radius 3 is 2.37 bits per heavy atom. The molecular formula is C25H20ClNO3. The Balaban J connectivity index is 1.59. The maximum Gasteiger partial charge on any atom is 0.264 e. The lowest BCUT2D eigenvalue weighted by Crippen LogP contribution is -2.41. The van der Waals surface area contributed by atoms with Gasteiger partial charge in [0.25, 0.3) is 5.91 Å². The number of rotatable bonds is 6. The van der Waals surface area contributed by atoms with Crippen LogP contribution in [0.15, 0.2) is 84.9 Å². The molecule has 0 bridgehead atoms. The molecule has 3 aromatic carbocycles. The molecule has 5 heteroatoms. The fourth-order valence-corrected chi connectivity index (χ4v) is 3.80. The molecule has 1 atom stereocenters. The van der Waals surface area contributed by atoms with Gasteiger partial charge in [0.1, 0.15) is 0 Å². The second-order valence-electron chi connectivity index (χ2n) is 7.28. The number of aliphatic hydroxyl groups is 1. The summed E-state index contributed by atoms with van der Waals surface area (Å²) in [5, 5.41) is 11.9. The van der Waals surface area contributed by atoms with E-state index in [1.165, 1.54) is 11.0 Å². The van der Waals surface area contributed by atoms with Crippen LogP contribution < -0.4 is 4.90 Å². The molecule has 0 spiro atoms. The Hall–Kier alpha value is -3.21. The molecule has 30 heavy (non-hydrogen) atoms. The fourth-order valence-electron chi connectivity index (χ4n) is 3.67. The second-order valence-corrected chi connectivity index (χ2v) is 7.72. The van der Waals surface area contributed by atoms with Crippen LogP contribution in [0.3, 0.4) is 0 Å². The van der Waals surface area contributed by atoms with E-state index in [4.69, 9.17) is 11.6 Å². The summed E-state index contributed by atoms with van der Waals surface area (Å²) in [6.07, 6.45) is 2.77.